The van der Waals surface area contributed by atoms with Crippen LogP contribution in [-0.2, 0) is 11.2 Å². The summed E-state index contributed by atoms with van der Waals surface area (Å²) < 4.78 is 16.5. The lowest BCUT2D eigenvalue weighted by Crippen LogP contribution is -2.27. The summed E-state index contributed by atoms with van der Waals surface area (Å²) in [4.78, 5) is 25.0. The highest BCUT2D eigenvalue weighted by Crippen LogP contribution is 2.34. The van der Waals surface area contributed by atoms with Crippen molar-refractivity contribution in [2.45, 2.75) is 25.7 Å². The molecule has 0 saturated carbocycles. The van der Waals surface area contributed by atoms with Gasteiger partial charge in [-0.2, -0.15) is 0 Å². The number of carbonyl (C=O) groups excluding carboxylic acids is 1. The molecule has 10 nitrogen and oxygen atoms in total. The van der Waals surface area contributed by atoms with Gasteiger partial charge >= 0.3 is 0 Å². The molecular weight excluding hydrogens is 466 g/mol. The van der Waals surface area contributed by atoms with Gasteiger partial charge in [0.1, 0.15) is 17.3 Å². The number of amides is 1. The molecule has 186 valence electrons. The zero-order valence-corrected chi connectivity index (χ0v) is 19.7. The van der Waals surface area contributed by atoms with Crippen molar-refractivity contribution in [3.8, 4) is 28.7 Å². The van der Waals surface area contributed by atoms with Gasteiger partial charge in [-0.25, -0.2) is 0 Å². The van der Waals surface area contributed by atoms with Crippen LogP contribution < -0.4 is 15.5 Å². The molecule has 0 saturated heterocycles. The molecule has 0 spiro atoms. The molecule has 1 unspecified atom stereocenters. The van der Waals surface area contributed by atoms with Crippen LogP contribution in [0.5, 0.6) is 17.2 Å². The second kappa shape index (κ2) is 10.8. The van der Waals surface area contributed by atoms with Crippen LogP contribution in [0.1, 0.15) is 35.3 Å². The summed E-state index contributed by atoms with van der Waals surface area (Å²) >= 11 is 0. The first-order chi connectivity index (χ1) is 17.4. The SMILES string of the molecule is COc1ccc(C(CC(=O)NCCc2nnc(-c3ccccc3O)o2)c2oc(C)cc(=O)c2O)cc1. The number of para-hydroxylation sites is 1. The van der Waals surface area contributed by atoms with Gasteiger partial charge in [-0.1, -0.05) is 24.3 Å². The number of phenolic OH excluding ortho intramolecular Hbond substituents is 1. The van der Waals surface area contributed by atoms with E-state index in [4.69, 9.17) is 13.6 Å². The Kier molecular flexibility index (Phi) is 7.33. The Bertz CT molecular complexity index is 1410. The molecule has 4 aromatic rings. The number of hydrogen-bond donors (Lipinski definition) is 3. The lowest BCUT2D eigenvalue weighted by atomic mass is 9.91. The van der Waals surface area contributed by atoms with Gasteiger partial charge in [0, 0.05) is 25.5 Å². The molecule has 0 aliphatic rings. The molecule has 10 heteroatoms. The molecule has 3 N–H and O–H groups in total. The fraction of sp³-hybridized carbons (Fsp3) is 0.231. The molecule has 0 aliphatic carbocycles. The summed E-state index contributed by atoms with van der Waals surface area (Å²) in [5, 5.41) is 31.0. The normalized spacial score (nSPS) is 11.7. The Morgan fingerprint density at radius 3 is 2.56 bits per heavy atom. The molecule has 0 aliphatic heterocycles. The Labute approximate surface area is 206 Å². The highest BCUT2D eigenvalue weighted by Gasteiger charge is 2.26. The van der Waals surface area contributed by atoms with Crippen LogP contribution in [0.15, 0.2) is 68.2 Å². The van der Waals surface area contributed by atoms with Crippen LogP contribution in [0.25, 0.3) is 11.5 Å². The van der Waals surface area contributed by atoms with E-state index in [-0.39, 0.29) is 42.7 Å². The van der Waals surface area contributed by atoms with E-state index >= 15 is 0 Å². The fourth-order valence-electron chi connectivity index (χ4n) is 3.74. The van der Waals surface area contributed by atoms with Crippen LogP contribution in [-0.4, -0.2) is 40.0 Å². The number of aryl methyl sites for hydroxylation is 1. The van der Waals surface area contributed by atoms with E-state index in [0.29, 0.717) is 28.5 Å². The standard InChI is InChI=1S/C26H25N3O7/c1-15-13-21(31)24(33)25(35-15)19(16-7-9-17(34-2)10-8-16)14-22(32)27-12-11-23-28-29-26(36-23)18-5-3-4-6-20(18)30/h3-10,13,19,30,33H,11-12,14H2,1-2H3,(H,27,32). The van der Waals surface area contributed by atoms with E-state index in [1.165, 1.54) is 12.1 Å². The second-order valence-electron chi connectivity index (χ2n) is 8.08. The predicted octanol–water partition coefficient (Wildman–Crippen LogP) is 3.30. The molecular formula is C26H25N3O7. The highest BCUT2D eigenvalue weighted by atomic mass is 16.5. The minimum Gasteiger partial charge on any atom is -0.507 e. The number of hydrogen-bond acceptors (Lipinski definition) is 9. The number of phenols is 1. The molecule has 4 rings (SSSR count). The van der Waals surface area contributed by atoms with Crippen molar-refractivity contribution in [2.75, 3.05) is 13.7 Å². The molecule has 2 heterocycles. The van der Waals surface area contributed by atoms with E-state index in [1.54, 1.807) is 56.5 Å². The quantitative estimate of drug-likeness (QED) is 0.321. The van der Waals surface area contributed by atoms with Gasteiger partial charge in [0.2, 0.25) is 23.0 Å². The Hall–Kier alpha value is -4.60. The number of nitrogens with zero attached hydrogens (tertiary/aromatic N) is 2. The van der Waals surface area contributed by atoms with E-state index < -0.39 is 17.1 Å². The molecule has 0 bridgehead atoms. The van der Waals surface area contributed by atoms with Gasteiger partial charge in [-0.05, 0) is 36.8 Å². The molecule has 1 amide bonds. The van der Waals surface area contributed by atoms with Gasteiger partial charge in [-0.3, -0.25) is 9.59 Å². The number of rotatable bonds is 9. The van der Waals surface area contributed by atoms with Crippen molar-refractivity contribution in [1.82, 2.24) is 15.5 Å². The summed E-state index contributed by atoms with van der Waals surface area (Å²) in [7, 11) is 1.54. The summed E-state index contributed by atoms with van der Waals surface area (Å²) in [6.45, 7) is 1.81. The minimum absolute atomic E-state index is 0.0181. The third-order valence-corrected chi connectivity index (χ3v) is 5.56. The van der Waals surface area contributed by atoms with Crippen molar-refractivity contribution in [2.24, 2.45) is 0 Å². The maximum atomic E-state index is 12.8. The number of aromatic nitrogens is 2. The summed E-state index contributed by atoms with van der Waals surface area (Å²) in [5.74, 6) is -0.109. The number of benzene rings is 2. The largest absolute Gasteiger partial charge is 0.507 e. The van der Waals surface area contributed by atoms with Gasteiger partial charge < -0.3 is 29.1 Å². The maximum Gasteiger partial charge on any atom is 0.251 e. The average Bonchev–Trinajstić information content (AvgIpc) is 3.34. The fourth-order valence-corrected chi connectivity index (χ4v) is 3.74. The summed E-state index contributed by atoms with van der Waals surface area (Å²) in [6.07, 6.45) is 0.184. The monoisotopic (exact) mass is 491 g/mol. The van der Waals surface area contributed by atoms with Crippen molar-refractivity contribution < 1.29 is 28.6 Å². The van der Waals surface area contributed by atoms with Gasteiger partial charge in [0.15, 0.2) is 5.76 Å². The van der Waals surface area contributed by atoms with Crippen LogP contribution in [0.2, 0.25) is 0 Å². The van der Waals surface area contributed by atoms with Crippen molar-refractivity contribution in [3.63, 3.8) is 0 Å². The average molecular weight is 492 g/mol. The van der Waals surface area contributed by atoms with Crippen molar-refractivity contribution in [3.05, 3.63) is 87.8 Å². The van der Waals surface area contributed by atoms with Crippen molar-refractivity contribution >= 4 is 5.91 Å². The lowest BCUT2D eigenvalue weighted by molar-refractivity contribution is -0.121. The summed E-state index contributed by atoms with van der Waals surface area (Å²) in [6, 6.07) is 14.7. The zero-order valence-electron chi connectivity index (χ0n) is 19.7. The first-order valence-corrected chi connectivity index (χ1v) is 11.2. The van der Waals surface area contributed by atoms with Crippen LogP contribution >= 0.6 is 0 Å². The number of methoxy groups -OCH3 is 1. The molecule has 1 atom stereocenters. The smallest absolute Gasteiger partial charge is 0.251 e. The minimum atomic E-state index is -0.709. The van der Waals surface area contributed by atoms with E-state index in [9.17, 15) is 19.8 Å². The number of aromatic hydroxyl groups is 2. The highest BCUT2D eigenvalue weighted by molar-refractivity contribution is 5.77. The second-order valence-corrected chi connectivity index (χ2v) is 8.08. The number of ether oxygens (including phenoxy) is 1. The Morgan fingerprint density at radius 1 is 1.08 bits per heavy atom. The number of carbonyl (C=O) groups is 1. The van der Waals surface area contributed by atoms with Crippen LogP contribution in [0, 0.1) is 6.92 Å². The topological polar surface area (TPSA) is 148 Å². The van der Waals surface area contributed by atoms with Crippen molar-refractivity contribution in [1.29, 1.82) is 0 Å². The zero-order chi connectivity index (χ0) is 25.7. The predicted molar refractivity (Wildman–Crippen MR) is 129 cm³/mol. The first kappa shape index (κ1) is 24.5. The number of nitrogens with one attached hydrogen (secondary N) is 1. The molecule has 0 fully saturated rings. The van der Waals surface area contributed by atoms with Gasteiger partial charge in [0.25, 0.3) is 5.89 Å². The molecule has 36 heavy (non-hydrogen) atoms. The molecule has 0 radical (unpaired) electrons. The Morgan fingerprint density at radius 2 is 1.83 bits per heavy atom. The van der Waals surface area contributed by atoms with Gasteiger partial charge in [-0.15, -0.1) is 10.2 Å². The third-order valence-electron chi connectivity index (χ3n) is 5.56. The van der Waals surface area contributed by atoms with E-state index in [2.05, 4.69) is 15.5 Å². The first-order valence-electron chi connectivity index (χ1n) is 11.2. The molecule has 2 aromatic heterocycles. The van der Waals surface area contributed by atoms with E-state index in [0.717, 1.165) is 0 Å². The lowest BCUT2D eigenvalue weighted by Gasteiger charge is -2.18. The Balaban J connectivity index is 1.46. The summed E-state index contributed by atoms with van der Waals surface area (Å²) in [5.41, 5.74) is 0.505. The van der Waals surface area contributed by atoms with Crippen LogP contribution in [0.3, 0.4) is 0 Å². The van der Waals surface area contributed by atoms with Crippen LogP contribution in [0.4, 0.5) is 0 Å². The third kappa shape index (κ3) is 5.54. The maximum absolute atomic E-state index is 12.8. The van der Waals surface area contributed by atoms with E-state index in [1.807, 2.05) is 0 Å². The molecule has 2 aromatic carbocycles. The van der Waals surface area contributed by atoms with Gasteiger partial charge in [0.05, 0.1) is 18.6 Å².